The van der Waals surface area contributed by atoms with Crippen LogP contribution in [0.5, 0.6) is 11.5 Å². The largest absolute Gasteiger partial charge is 0.478 e. The third kappa shape index (κ3) is 4.18. The van der Waals surface area contributed by atoms with Crippen LogP contribution in [0.1, 0.15) is 10.4 Å². The number of ether oxygens (including phenoxy) is 2. The van der Waals surface area contributed by atoms with Gasteiger partial charge in [-0.05, 0) is 42.5 Å². The van der Waals surface area contributed by atoms with E-state index < -0.39 is 5.97 Å². The number of aromatic nitrogens is 2. The highest BCUT2D eigenvalue weighted by molar-refractivity contribution is 7.99. The Morgan fingerprint density at radius 2 is 1.82 bits per heavy atom. The quantitative estimate of drug-likeness (QED) is 0.321. The molecule has 0 unspecified atom stereocenters. The maximum atomic E-state index is 13.3. The predicted molar refractivity (Wildman–Crippen MR) is 126 cm³/mol. The summed E-state index contributed by atoms with van der Waals surface area (Å²) in [4.78, 5) is 41.8. The molecule has 9 nitrogen and oxygen atoms in total. The summed E-state index contributed by atoms with van der Waals surface area (Å²) in [7, 11) is 0. The number of thioether (sulfide) groups is 1. The van der Waals surface area contributed by atoms with E-state index in [0.717, 1.165) is 11.8 Å². The molecule has 2 heterocycles. The molecule has 0 saturated carbocycles. The molecule has 1 amide bonds. The second-order valence-corrected chi connectivity index (χ2v) is 8.25. The average Bonchev–Trinajstić information content (AvgIpc) is 3.31. The van der Waals surface area contributed by atoms with Gasteiger partial charge < -0.3 is 19.9 Å². The van der Waals surface area contributed by atoms with Crippen molar-refractivity contribution < 1.29 is 24.2 Å². The summed E-state index contributed by atoms with van der Waals surface area (Å²) >= 11 is 1.07. The number of rotatable bonds is 6. The van der Waals surface area contributed by atoms with E-state index in [1.807, 2.05) is 6.07 Å². The van der Waals surface area contributed by atoms with Crippen LogP contribution in [-0.2, 0) is 4.79 Å². The van der Waals surface area contributed by atoms with Gasteiger partial charge in [0.05, 0.1) is 27.9 Å². The van der Waals surface area contributed by atoms with E-state index in [1.54, 1.807) is 42.5 Å². The molecule has 0 fully saturated rings. The Bertz CT molecular complexity index is 1490. The van der Waals surface area contributed by atoms with Crippen LogP contribution >= 0.6 is 11.8 Å². The number of carbonyl (C=O) groups excluding carboxylic acids is 1. The first kappa shape index (κ1) is 21.5. The number of hydrogen-bond acceptors (Lipinski definition) is 7. The number of fused-ring (bicyclic) bond motifs is 2. The second-order valence-electron chi connectivity index (χ2n) is 7.31. The van der Waals surface area contributed by atoms with Gasteiger partial charge in [-0.15, -0.1) is 0 Å². The fraction of sp³-hybridized carbons (Fsp3) is 0.0833. The van der Waals surface area contributed by atoms with Gasteiger partial charge in [-0.3, -0.25) is 14.2 Å². The number of para-hydroxylation sites is 1. The number of carbonyl (C=O) groups is 2. The Labute approximate surface area is 197 Å². The summed E-state index contributed by atoms with van der Waals surface area (Å²) in [6.45, 7) is 0.136. The molecule has 0 aliphatic carbocycles. The van der Waals surface area contributed by atoms with Gasteiger partial charge in [0.1, 0.15) is 0 Å². The van der Waals surface area contributed by atoms with Gasteiger partial charge in [-0.2, -0.15) is 0 Å². The number of aromatic carboxylic acids is 1. The predicted octanol–water partition coefficient (Wildman–Crippen LogP) is 3.54. The summed E-state index contributed by atoms with van der Waals surface area (Å²) in [5.74, 6) is -0.294. The number of carboxylic acids is 1. The summed E-state index contributed by atoms with van der Waals surface area (Å²) in [5.41, 5.74) is 1.05. The van der Waals surface area contributed by atoms with E-state index in [0.29, 0.717) is 22.9 Å². The van der Waals surface area contributed by atoms with Crippen LogP contribution in [0.3, 0.4) is 0 Å². The minimum Gasteiger partial charge on any atom is -0.478 e. The van der Waals surface area contributed by atoms with Crippen LogP contribution in [0.25, 0.3) is 16.6 Å². The minimum atomic E-state index is -1.12. The lowest BCUT2D eigenvalue weighted by atomic mass is 10.1. The SMILES string of the molecule is O=C(CSc1nc2cc(C(=O)O)ccc2c(=O)n1-c1ccccc1)Nc1ccc2c(c1)OCO2. The first-order chi connectivity index (χ1) is 16.5. The van der Waals surface area contributed by atoms with Crippen molar-refractivity contribution in [2.45, 2.75) is 5.16 Å². The first-order valence-corrected chi connectivity index (χ1v) is 11.2. The highest BCUT2D eigenvalue weighted by atomic mass is 32.2. The van der Waals surface area contributed by atoms with Crippen molar-refractivity contribution in [1.29, 1.82) is 0 Å². The molecular weight excluding hydrogens is 458 g/mol. The Morgan fingerprint density at radius 3 is 2.62 bits per heavy atom. The highest BCUT2D eigenvalue weighted by Gasteiger charge is 2.17. The zero-order valence-electron chi connectivity index (χ0n) is 17.6. The fourth-order valence-corrected chi connectivity index (χ4v) is 4.31. The van der Waals surface area contributed by atoms with E-state index in [9.17, 15) is 19.5 Å². The molecule has 34 heavy (non-hydrogen) atoms. The van der Waals surface area contributed by atoms with Crippen LogP contribution in [0.2, 0.25) is 0 Å². The van der Waals surface area contributed by atoms with Crippen LogP contribution in [-0.4, -0.2) is 39.1 Å². The molecule has 1 aliphatic heterocycles. The van der Waals surface area contributed by atoms with Crippen molar-refractivity contribution in [3.05, 3.63) is 82.6 Å². The average molecular weight is 475 g/mol. The fourth-order valence-electron chi connectivity index (χ4n) is 3.50. The highest BCUT2D eigenvalue weighted by Crippen LogP contribution is 2.34. The van der Waals surface area contributed by atoms with Gasteiger partial charge in [0.25, 0.3) is 5.56 Å². The number of nitrogens with zero attached hydrogens (tertiary/aromatic N) is 2. The molecule has 1 aliphatic rings. The molecule has 0 spiro atoms. The minimum absolute atomic E-state index is 0.0216. The van der Waals surface area contributed by atoms with Crippen molar-refractivity contribution in [2.24, 2.45) is 0 Å². The normalized spacial score (nSPS) is 12.0. The molecule has 0 saturated heterocycles. The van der Waals surface area contributed by atoms with E-state index >= 15 is 0 Å². The maximum Gasteiger partial charge on any atom is 0.335 e. The van der Waals surface area contributed by atoms with Crippen LogP contribution in [0.4, 0.5) is 5.69 Å². The zero-order valence-corrected chi connectivity index (χ0v) is 18.4. The Morgan fingerprint density at radius 1 is 1.03 bits per heavy atom. The molecule has 0 radical (unpaired) electrons. The Hall–Kier alpha value is -4.31. The molecule has 0 atom stereocenters. The summed E-state index contributed by atoms with van der Waals surface area (Å²) < 4.78 is 12.0. The molecule has 0 bridgehead atoms. The van der Waals surface area contributed by atoms with Gasteiger partial charge in [-0.25, -0.2) is 9.78 Å². The molecule has 10 heteroatoms. The number of anilines is 1. The van der Waals surface area contributed by atoms with Crippen molar-refractivity contribution in [2.75, 3.05) is 17.9 Å². The number of nitrogens with one attached hydrogen (secondary N) is 1. The van der Waals surface area contributed by atoms with Crippen molar-refractivity contribution in [3.8, 4) is 17.2 Å². The van der Waals surface area contributed by atoms with Gasteiger partial charge >= 0.3 is 5.97 Å². The lowest BCUT2D eigenvalue weighted by Gasteiger charge is -2.13. The number of hydrogen-bond donors (Lipinski definition) is 2. The summed E-state index contributed by atoms with van der Waals surface area (Å²) in [5, 5.41) is 12.6. The van der Waals surface area contributed by atoms with E-state index in [4.69, 9.17) is 9.47 Å². The summed E-state index contributed by atoms with van der Waals surface area (Å²) in [6.07, 6.45) is 0. The first-order valence-electron chi connectivity index (χ1n) is 10.2. The second kappa shape index (κ2) is 8.91. The van der Waals surface area contributed by atoms with E-state index in [1.165, 1.54) is 22.8 Å². The number of amides is 1. The van der Waals surface area contributed by atoms with E-state index in [2.05, 4.69) is 10.3 Å². The molecule has 2 N–H and O–H groups in total. The van der Waals surface area contributed by atoms with Gasteiger partial charge in [0, 0.05) is 11.8 Å². The third-order valence-corrected chi connectivity index (χ3v) is 6.03. The number of benzene rings is 3. The molecule has 5 rings (SSSR count). The van der Waals surface area contributed by atoms with E-state index in [-0.39, 0.29) is 45.6 Å². The molecule has 170 valence electrons. The lowest BCUT2D eigenvalue weighted by molar-refractivity contribution is -0.113. The Kier molecular flexibility index (Phi) is 5.64. The standard InChI is InChI=1S/C24H17N3O6S/c28-21(25-15-7-9-19-20(11-15)33-13-32-19)12-34-24-26-18-10-14(23(30)31)6-8-17(18)22(29)27(24)16-4-2-1-3-5-16/h1-11H,12-13H2,(H,25,28)(H,30,31). The number of carboxylic acid groups (broad SMARTS) is 1. The van der Waals surface area contributed by atoms with Crippen LogP contribution in [0.15, 0.2) is 76.7 Å². The Balaban J connectivity index is 1.46. The third-order valence-electron chi connectivity index (χ3n) is 5.09. The van der Waals surface area contributed by atoms with Crippen molar-refractivity contribution in [3.63, 3.8) is 0 Å². The van der Waals surface area contributed by atoms with Gasteiger partial charge in [-0.1, -0.05) is 30.0 Å². The van der Waals surface area contributed by atoms with Gasteiger partial charge in [0.15, 0.2) is 16.7 Å². The molecule has 3 aromatic carbocycles. The van der Waals surface area contributed by atoms with Gasteiger partial charge in [0.2, 0.25) is 12.7 Å². The van der Waals surface area contributed by atoms with Crippen LogP contribution < -0.4 is 20.3 Å². The van der Waals surface area contributed by atoms with Crippen molar-refractivity contribution >= 4 is 40.2 Å². The van der Waals surface area contributed by atoms with Crippen molar-refractivity contribution in [1.82, 2.24) is 9.55 Å². The summed E-state index contributed by atoms with van der Waals surface area (Å²) in [6, 6.07) is 18.2. The topological polar surface area (TPSA) is 120 Å². The zero-order chi connectivity index (χ0) is 23.7. The monoisotopic (exact) mass is 475 g/mol. The maximum absolute atomic E-state index is 13.3. The lowest BCUT2D eigenvalue weighted by Crippen LogP contribution is -2.23. The molecular formula is C24H17N3O6S. The molecule has 1 aromatic heterocycles. The molecule has 4 aromatic rings. The smallest absolute Gasteiger partial charge is 0.335 e. The van der Waals surface area contributed by atoms with Crippen LogP contribution in [0, 0.1) is 0 Å².